The lowest BCUT2D eigenvalue weighted by atomic mass is 10.2. The van der Waals surface area contributed by atoms with Gasteiger partial charge in [-0.2, -0.15) is 0 Å². The molecule has 0 amide bonds. The highest BCUT2D eigenvalue weighted by atomic mass is 16.5. The Bertz CT molecular complexity index is 253. The van der Waals surface area contributed by atoms with Gasteiger partial charge < -0.3 is 14.9 Å². The van der Waals surface area contributed by atoms with Crippen LogP contribution < -0.4 is 0 Å². The number of carbonyl (C=O) groups is 1. The molecule has 0 radical (unpaired) electrons. The van der Waals surface area contributed by atoms with Gasteiger partial charge in [-0.15, -0.1) is 0 Å². The van der Waals surface area contributed by atoms with Crippen molar-refractivity contribution in [3.63, 3.8) is 0 Å². The molecule has 0 unspecified atom stereocenters. The number of rotatable bonds is 5. The second-order valence-corrected chi connectivity index (χ2v) is 3.19. The number of allylic oxidation sites excluding steroid dienone is 2. The first-order valence-corrected chi connectivity index (χ1v) is 4.87. The van der Waals surface area contributed by atoms with Crippen molar-refractivity contribution >= 4 is 5.97 Å². The van der Waals surface area contributed by atoms with Crippen LogP contribution in [0.2, 0.25) is 0 Å². The van der Waals surface area contributed by atoms with E-state index in [1.807, 2.05) is 0 Å². The third-order valence-electron chi connectivity index (χ3n) is 1.75. The first-order chi connectivity index (χ1) is 6.99. The van der Waals surface area contributed by atoms with Crippen molar-refractivity contribution in [2.24, 2.45) is 0 Å². The fourth-order valence-electron chi connectivity index (χ4n) is 0.788. The average molecular weight is 214 g/mol. The molecule has 15 heavy (non-hydrogen) atoms. The van der Waals surface area contributed by atoms with Crippen LogP contribution in [-0.2, 0) is 9.53 Å². The Labute approximate surface area is 89.9 Å². The van der Waals surface area contributed by atoms with E-state index in [2.05, 4.69) is 0 Å². The van der Waals surface area contributed by atoms with Crippen molar-refractivity contribution in [2.45, 2.75) is 33.0 Å². The van der Waals surface area contributed by atoms with Gasteiger partial charge in [-0.05, 0) is 20.8 Å². The lowest BCUT2D eigenvalue weighted by Gasteiger charge is -2.06. The van der Waals surface area contributed by atoms with Crippen LogP contribution in [0, 0.1) is 0 Å². The van der Waals surface area contributed by atoms with E-state index >= 15 is 0 Å². The summed E-state index contributed by atoms with van der Waals surface area (Å²) in [4.78, 5) is 11.1. The lowest BCUT2D eigenvalue weighted by Crippen LogP contribution is -2.19. The van der Waals surface area contributed by atoms with Gasteiger partial charge in [0.1, 0.15) is 0 Å². The molecule has 4 heteroatoms. The summed E-state index contributed by atoms with van der Waals surface area (Å²) in [6, 6.07) is 0. The van der Waals surface area contributed by atoms with Gasteiger partial charge in [0.15, 0.2) is 0 Å². The summed E-state index contributed by atoms with van der Waals surface area (Å²) in [6.07, 6.45) is 2.72. The molecule has 0 aliphatic rings. The molecule has 0 aliphatic heterocycles. The fourth-order valence-corrected chi connectivity index (χ4v) is 0.788. The van der Waals surface area contributed by atoms with Gasteiger partial charge >= 0.3 is 5.97 Å². The zero-order valence-electron chi connectivity index (χ0n) is 9.30. The number of carbonyl (C=O) groups excluding carboxylic acids is 1. The Morgan fingerprint density at radius 2 is 2.07 bits per heavy atom. The Hall–Kier alpha value is -1.13. The minimum atomic E-state index is -0.920. The average Bonchev–Trinajstić information content (AvgIpc) is 2.17. The summed E-state index contributed by atoms with van der Waals surface area (Å²) >= 11 is 0. The summed E-state index contributed by atoms with van der Waals surface area (Å²) in [5, 5.41) is 18.2. The normalized spacial score (nSPS) is 16.5. The van der Waals surface area contributed by atoms with E-state index in [-0.39, 0.29) is 5.97 Å². The highest BCUT2D eigenvalue weighted by molar-refractivity contribution is 5.88. The molecule has 0 heterocycles. The molecule has 2 atom stereocenters. The number of aliphatic hydroxyl groups is 2. The predicted octanol–water partition coefficient (Wildman–Crippen LogP) is 0.794. The van der Waals surface area contributed by atoms with Gasteiger partial charge in [0, 0.05) is 5.57 Å². The highest BCUT2D eigenvalue weighted by Crippen LogP contribution is 1.99. The van der Waals surface area contributed by atoms with E-state index in [1.54, 1.807) is 13.8 Å². The molecule has 0 aromatic rings. The van der Waals surface area contributed by atoms with Crippen molar-refractivity contribution < 1.29 is 19.7 Å². The number of esters is 1. The molecule has 0 saturated heterocycles. The van der Waals surface area contributed by atoms with E-state index in [0.717, 1.165) is 0 Å². The number of ether oxygens (including phenoxy) is 1. The van der Waals surface area contributed by atoms with Gasteiger partial charge in [-0.3, -0.25) is 0 Å². The second-order valence-electron chi connectivity index (χ2n) is 3.19. The molecule has 0 fully saturated rings. The molecule has 0 spiro atoms. The van der Waals surface area contributed by atoms with Crippen LogP contribution in [0.15, 0.2) is 23.8 Å². The minimum absolute atomic E-state index is 0.337. The topological polar surface area (TPSA) is 66.8 Å². The fraction of sp³-hybridized carbons (Fsp3) is 0.545. The maximum atomic E-state index is 11.1. The second kappa shape index (κ2) is 7.20. The Morgan fingerprint density at radius 1 is 1.47 bits per heavy atom. The van der Waals surface area contributed by atoms with Crippen molar-refractivity contribution in [3.8, 4) is 0 Å². The van der Waals surface area contributed by atoms with E-state index in [4.69, 9.17) is 9.84 Å². The van der Waals surface area contributed by atoms with Gasteiger partial charge in [0.2, 0.25) is 0 Å². The SMILES string of the molecule is CCOC(=O)/C(C)=C/C=C/[C@H](O)[C@H](C)O. The molecule has 0 bridgehead atoms. The molecule has 2 N–H and O–H groups in total. The first-order valence-electron chi connectivity index (χ1n) is 4.87. The Morgan fingerprint density at radius 3 is 2.53 bits per heavy atom. The lowest BCUT2D eigenvalue weighted by molar-refractivity contribution is -0.138. The van der Waals surface area contributed by atoms with Crippen LogP contribution in [0.25, 0.3) is 0 Å². The van der Waals surface area contributed by atoms with E-state index in [1.165, 1.54) is 25.2 Å². The maximum Gasteiger partial charge on any atom is 0.333 e. The van der Waals surface area contributed by atoms with Crippen molar-refractivity contribution in [1.29, 1.82) is 0 Å². The predicted molar refractivity (Wildman–Crippen MR) is 57.2 cm³/mol. The minimum Gasteiger partial charge on any atom is -0.463 e. The maximum absolute atomic E-state index is 11.1. The zero-order chi connectivity index (χ0) is 11.8. The molecule has 86 valence electrons. The van der Waals surface area contributed by atoms with Gasteiger partial charge in [0.05, 0.1) is 18.8 Å². The van der Waals surface area contributed by atoms with Crippen LogP contribution in [0.5, 0.6) is 0 Å². The van der Waals surface area contributed by atoms with Crippen molar-refractivity contribution in [1.82, 2.24) is 0 Å². The number of aliphatic hydroxyl groups excluding tert-OH is 2. The van der Waals surface area contributed by atoms with E-state index in [0.29, 0.717) is 12.2 Å². The molecule has 0 aromatic heterocycles. The van der Waals surface area contributed by atoms with E-state index < -0.39 is 12.2 Å². The third-order valence-corrected chi connectivity index (χ3v) is 1.75. The first kappa shape index (κ1) is 13.9. The van der Waals surface area contributed by atoms with Crippen molar-refractivity contribution in [3.05, 3.63) is 23.8 Å². The molecule has 0 saturated carbocycles. The van der Waals surface area contributed by atoms with Crippen LogP contribution in [0.3, 0.4) is 0 Å². The molecule has 0 aliphatic carbocycles. The quantitative estimate of drug-likeness (QED) is 0.403. The number of hydrogen-bond donors (Lipinski definition) is 2. The largest absolute Gasteiger partial charge is 0.463 e. The van der Waals surface area contributed by atoms with Crippen LogP contribution >= 0.6 is 0 Å². The van der Waals surface area contributed by atoms with Gasteiger partial charge in [-0.1, -0.05) is 18.2 Å². The molecular formula is C11H18O4. The standard InChI is InChI=1S/C11H18O4/c1-4-15-11(14)8(2)6-5-7-10(13)9(3)12/h5-7,9-10,12-13H,4H2,1-3H3/b7-5+,8-6+/t9-,10-/m0/s1. The third kappa shape index (κ3) is 6.04. The monoisotopic (exact) mass is 214 g/mol. The van der Waals surface area contributed by atoms with Gasteiger partial charge in [-0.25, -0.2) is 4.79 Å². The van der Waals surface area contributed by atoms with Crippen LogP contribution in [0.4, 0.5) is 0 Å². The molecule has 0 rings (SSSR count). The summed E-state index contributed by atoms with van der Waals surface area (Å²) in [7, 11) is 0. The van der Waals surface area contributed by atoms with Crippen LogP contribution in [0.1, 0.15) is 20.8 Å². The summed E-state index contributed by atoms with van der Waals surface area (Å²) in [6.45, 7) is 5.18. The zero-order valence-corrected chi connectivity index (χ0v) is 9.30. The Balaban J connectivity index is 4.21. The highest BCUT2D eigenvalue weighted by Gasteiger charge is 2.05. The molecule has 4 nitrogen and oxygen atoms in total. The summed E-state index contributed by atoms with van der Waals surface area (Å²) in [5.41, 5.74) is 0.450. The Kier molecular flexibility index (Phi) is 6.66. The van der Waals surface area contributed by atoms with Crippen LogP contribution in [-0.4, -0.2) is 35.0 Å². The smallest absolute Gasteiger partial charge is 0.333 e. The molecule has 0 aromatic carbocycles. The molecular weight excluding hydrogens is 196 g/mol. The van der Waals surface area contributed by atoms with Gasteiger partial charge in [0.25, 0.3) is 0 Å². The summed E-state index contributed by atoms with van der Waals surface area (Å²) < 4.78 is 4.76. The number of hydrogen-bond acceptors (Lipinski definition) is 4. The van der Waals surface area contributed by atoms with Crippen molar-refractivity contribution in [2.75, 3.05) is 6.61 Å². The van der Waals surface area contributed by atoms with E-state index in [9.17, 15) is 9.90 Å². The summed E-state index contributed by atoms with van der Waals surface area (Å²) in [5.74, 6) is -0.381.